The van der Waals surface area contributed by atoms with Crippen LogP contribution in [0.5, 0.6) is 0 Å². The first-order chi connectivity index (χ1) is 8.07. The molecule has 0 radical (unpaired) electrons. The molecule has 1 rings (SSSR count). The number of sulfonamides is 1. The van der Waals surface area contributed by atoms with E-state index in [0.29, 0.717) is 0 Å². The lowest BCUT2D eigenvalue weighted by Gasteiger charge is -2.35. The summed E-state index contributed by atoms with van der Waals surface area (Å²) in [6.45, 7) is 0. The summed E-state index contributed by atoms with van der Waals surface area (Å²) in [7, 11) is -3.31. The van der Waals surface area contributed by atoms with Crippen LogP contribution in [0, 0.1) is 5.92 Å². The van der Waals surface area contributed by atoms with Gasteiger partial charge in [-0.25, -0.2) is 13.6 Å². The van der Waals surface area contributed by atoms with E-state index in [9.17, 15) is 26.4 Å². The second kappa shape index (κ2) is 5.02. The van der Waals surface area contributed by atoms with Gasteiger partial charge in [0.25, 0.3) is 0 Å². The number of carbonyl (C=O) groups is 1. The fraction of sp³-hybridized carbons (Fsp3) is 0.875. The number of primary sulfonamides is 1. The number of hydrogen-bond donors (Lipinski definition) is 2. The number of carbonyl (C=O) groups excluding carboxylic acids is 1. The number of piperidine rings is 1. The third-order valence-corrected chi connectivity index (χ3v) is 3.92. The fourth-order valence-corrected chi connectivity index (χ4v) is 2.93. The lowest BCUT2D eigenvalue weighted by atomic mass is 9.94. The molecule has 10 heteroatoms. The van der Waals surface area contributed by atoms with Crippen LogP contribution in [0.15, 0.2) is 0 Å². The van der Waals surface area contributed by atoms with Gasteiger partial charge in [-0.2, -0.15) is 13.2 Å². The Balaban J connectivity index is 2.98. The summed E-state index contributed by atoms with van der Waals surface area (Å²) >= 11 is 0. The van der Waals surface area contributed by atoms with Crippen molar-refractivity contribution in [1.82, 2.24) is 5.32 Å². The first-order valence-electron chi connectivity index (χ1n) is 4.99. The fourth-order valence-electron chi connectivity index (χ4n) is 1.87. The summed E-state index contributed by atoms with van der Waals surface area (Å²) in [4.78, 5) is 11.3. The van der Waals surface area contributed by atoms with Crippen LogP contribution in [0.3, 0.4) is 0 Å². The number of ether oxygens (including phenoxy) is 1. The van der Waals surface area contributed by atoms with E-state index in [1.165, 1.54) is 0 Å². The van der Waals surface area contributed by atoms with Crippen LogP contribution >= 0.6 is 0 Å². The van der Waals surface area contributed by atoms with Gasteiger partial charge in [-0.05, 0) is 12.8 Å². The summed E-state index contributed by atoms with van der Waals surface area (Å²) in [5, 5.41) is 4.91. The molecule has 3 unspecified atom stereocenters. The molecular formula is C8H13F3N2O4S. The smallest absolute Gasteiger partial charge is 0.403 e. The molecule has 1 heterocycles. The highest BCUT2D eigenvalue weighted by Gasteiger charge is 2.49. The van der Waals surface area contributed by atoms with Gasteiger partial charge in [-0.3, -0.25) is 10.1 Å². The molecule has 0 amide bonds. The van der Waals surface area contributed by atoms with Gasteiger partial charge in [-0.1, -0.05) is 0 Å². The highest BCUT2D eigenvalue weighted by molar-refractivity contribution is 7.89. The SMILES string of the molecule is COC(=O)C1CCC(C(F)(F)F)NC1S(N)(=O)=O. The van der Waals surface area contributed by atoms with Gasteiger partial charge >= 0.3 is 12.1 Å². The number of halogens is 3. The number of nitrogens with one attached hydrogen (secondary N) is 1. The van der Waals surface area contributed by atoms with Gasteiger partial charge in [0.05, 0.1) is 13.0 Å². The van der Waals surface area contributed by atoms with Crippen molar-refractivity contribution in [3.05, 3.63) is 0 Å². The van der Waals surface area contributed by atoms with Crippen molar-refractivity contribution in [1.29, 1.82) is 0 Å². The maximum atomic E-state index is 12.5. The number of rotatable bonds is 2. The van der Waals surface area contributed by atoms with Crippen molar-refractivity contribution in [3.63, 3.8) is 0 Å². The molecule has 0 spiro atoms. The summed E-state index contributed by atoms with van der Waals surface area (Å²) in [6, 6.07) is -2.00. The van der Waals surface area contributed by atoms with Crippen molar-refractivity contribution in [2.45, 2.75) is 30.4 Å². The van der Waals surface area contributed by atoms with Crippen LogP contribution in [-0.2, 0) is 19.6 Å². The average molecular weight is 290 g/mol. The van der Waals surface area contributed by atoms with Crippen molar-refractivity contribution in [3.8, 4) is 0 Å². The largest absolute Gasteiger partial charge is 0.469 e. The predicted molar refractivity (Wildman–Crippen MR) is 54.6 cm³/mol. The Bertz CT molecular complexity index is 423. The van der Waals surface area contributed by atoms with Gasteiger partial charge < -0.3 is 4.74 Å². The zero-order valence-corrected chi connectivity index (χ0v) is 10.2. The molecule has 106 valence electrons. The molecule has 0 aromatic carbocycles. The van der Waals surface area contributed by atoms with Crippen LogP contribution in [0.2, 0.25) is 0 Å². The molecule has 0 aromatic heterocycles. The second-order valence-electron chi connectivity index (χ2n) is 3.98. The molecule has 0 saturated carbocycles. The van der Waals surface area contributed by atoms with Crippen molar-refractivity contribution in [2.24, 2.45) is 11.1 Å². The molecule has 0 bridgehead atoms. The number of nitrogens with two attached hydrogens (primary N) is 1. The molecule has 3 atom stereocenters. The standard InChI is InChI=1S/C8H13F3N2O4S/c1-17-7(14)4-2-3-5(8(9,10)11)13-6(4)18(12,15)16/h4-6,13H,2-3H2,1H3,(H2,12,15,16). The monoisotopic (exact) mass is 290 g/mol. The van der Waals surface area contributed by atoms with E-state index in [2.05, 4.69) is 4.74 Å². The van der Waals surface area contributed by atoms with E-state index >= 15 is 0 Å². The third kappa shape index (κ3) is 3.33. The van der Waals surface area contributed by atoms with E-state index in [-0.39, 0.29) is 6.42 Å². The second-order valence-corrected chi connectivity index (χ2v) is 5.66. The van der Waals surface area contributed by atoms with Gasteiger partial charge in [0.15, 0.2) is 0 Å². The minimum Gasteiger partial charge on any atom is -0.469 e. The zero-order chi connectivity index (χ0) is 14.1. The Morgan fingerprint density at radius 2 is 1.94 bits per heavy atom. The Morgan fingerprint density at radius 3 is 2.33 bits per heavy atom. The van der Waals surface area contributed by atoms with Crippen LogP contribution in [0.1, 0.15) is 12.8 Å². The first kappa shape index (κ1) is 15.2. The van der Waals surface area contributed by atoms with E-state index in [1.54, 1.807) is 0 Å². The van der Waals surface area contributed by atoms with Gasteiger partial charge in [-0.15, -0.1) is 0 Å². The van der Waals surface area contributed by atoms with E-state index in [4.69, 9.17) is 5.14 Å². The molecule has 18 heavy (non-hydrogen) atoms. The Morgan fingerprint density at radius 1 is 1.39 bits per heavy atom. The van der Waals surface area contributed by atoms with E-state index in [0.717, 1.165) is 7.11 Å². The molecule has 3 N–H and O–H groups in total. The van der Waals surface area contributed by atoms with E-state index < -0.39 is 45.9 Å². The summed E-state index contributed by atoms with van der Waals surface area (Å²) in [6.07, 6.45) is -5.26. The quantitative estimate of drug-likeness (QED) is 0.681. The molecule has 1 fully saturated rings. The first-order valence-corrected chi connectivity index (χ1v) is 6.60. The van der Waals surface area contributed by atoms with Gasteiger partial charge in [0, 0.05) is 0 Å². The van der Waals surface area contributed by atoms with Crippen LogP contribution in [0.4, 0.5) is 13.2 Å². The molecular weight excluding hydrogens is 277 g/mol. The molecule has 1 saturated heterocycles. The third-order valence-electron chi connectivity index (χ3n) is 2.75. The minimum absolute atomic E-state index is 0.259. The maximum absolute atomic E-state index is 12.5. The minimum atomic E-state index is -4.59. The Labute approximate surface area is 102 Å². The van der Waals surface area contributed by atoms with Crippen molar-refractivity contribution in [2.75, 3.05) is 7.11 Å². The summed E-state index contributed by atoms with van der Waals surface area (Å²) in [5.74, 6) is -2.13. The average Bonchev–Trinajstić information content (AvgIpc) is 2.24. The summed E-state index contributed by atoms with van der Waals surface area (Å²) < 4.78 is 64.3. The highest BCUT2D eigenvalue weighted by atomic mass is 32.2. The lowest BCUT2D eigenvalue weighted by molar-refractivity contribution is -0.168. The highest BCUT2D eigenvalue weighted by Crippen LogP contribution is 2.32. The molecule has 6 nitrogen and oxygen atoms in total. The number of hydrogen-bond acceptors (Lipinski definition) is 5. The zero-order valence-electron chi connectivity index (χ0n) is 9.40. The van der Waals surface area contributed by atoms with Crippen molar-refractivity contribution >= 4 is 16.0 Å². The Hall–Kier alpha value is -0.870. The maximum Gasteiger partial charge on any atom is 0.403 e. The van der Waals surface area contributed by atoms with Gasteiger partial charge in [0.1, 0.15) is 11.4 Å². The molecule has 0 aliphatic carbocycles. The van der Waals surface area contributed by atoms with Crippen LogP contribution < -0.4 is 10.5 Å². The summed E-state index contributed by atoms with van der Waals surface area (Å²) in [5.41, 5.74) is 0. The Kier molecular flexibility index (Phi) is 4.23. The predicted octanol–water partition coefficient (Wildman–Crippen LogP) is -0.295. The molecule has 0 aromatic rings. The topological polar surface area (TPSA) is 98.5 Å². The van der Waals surface area contributed by atoms with Gasteiger partial charge in [0.2, 0.25) is 10.0 Å². The van der Waals surface area contributed by atoms with E-state index in [1.807, 2.05) is 5.32 Å². The van der Waals surface area contributed by atoms with Crippen molar-refractivity contribution < 1.29 is 31.1 Å². The normalized spacial score (nSPS) is 29.9. The number of esters is 1. The van der Waals surface area contributed by atoms with Crippen LogP contribution in [0.25, 0.3) is 0 Å². The molecule has 1 aliphatic rings. The number of alkyl halides is 3. The van der Waals surface area contributed by atoms with Crippen LogP contribution in [-0.4, -0.2) is 39.1 Å². The lowest BCUT2D eigenvalue weighted by Crippen LogP contribution is -2.59. The molecule has 1 aliphatic heterocycles. The number of methoxy groups -OCH3 is 1.